The van der Waals surface area contributed by atoms with Gasteiger partial charge in [0.05, 0.1) is 36.5 Å². The quantitative estimate of drug-likeness (QED) is 0.937. The molecule has 4 nitrogen and oxygen atoms in total. The van der Waals surface area contributed by atoms with Gasteiger partial charge in [0, 0.05) is 7.11 Å². The summed E-state index contributed by atoms with van der Waals surface area (Å²) >= 11 is 0. The number of ether oxygens (including phenoxy) is 1. The van der Waals surface area contributed by atoms with Gasteiger partial charge in [0.25, 0.3) is 0 Å². The van der Waals surface area contributed by atoms with Gasteiger partial charge in [0.15, 0.2) is 0 Å². The van der Waals surface area contributed by atoms with Gasteiger partial charge in [0.1, 0.15) is 0 Å². The second-order valence-electron chi connectivity index (χ2n) is 4.21. The summed E-state index contributed by atoms with van der Waals surface area (Å²) in [5.74, 6) is 0. The van der Waals surface area contributed by atoms with E-state index in [1.807, 2.05) is 18.2 Å². The highest BCUT2D eigenvalue weighted by molar-refractivity contribution is 5.31. The minimum Gasteiger partial charge on any atom is -0.392 e. The molecule has 0 amide bonds. The third-order valence-electron chi connectivity index (χ3n) is 2.66. The molecule has 2 aromatic carbocycles. The summed E-state index contributed by atoms with van der Waals surface area (Å²) in [6.45, 7) is 0.636. The highest BCUT2D eigenvalue weighted by Crippen LogP contribution is 2.03. The van der Waals surface area contributed by atoms with Crippen LogP contribution in [-0.4, -0.2) is 12.2 Å². The molecule has 0 fully saturated rings. The van der Waals surface area contributed by atoms with Crippen molar-refractivity contribution in [3.8, 4) is 12.1 Å². The first-order valence-corrected chi connectivity index (χ1v) is 6.31. The Hall–Kier alpha value is -2.66. The largest absolute Gasteiger partial charge is 0.392 e. The zero-order valence-corrected chi connectivity index (χ0v) is 11.8. The number of methoxy groups -OCH3 is 1. The van der Waals surface area contributed by atoms with Gasteiger partial charge in [-0.1, -0.05) is 24.3 Å². The first kappa shape index (κ1) is 16.4. The topological polar surface area (TPSA) is 77.0 Å². The van der Waals surface area contributed by atoms with E-state index in [1.54, 1.807) is 43.5 Å². The SMILES string of the molecule is COCc1ccc(C#N)cc1.N#Cc1ccc(CO)cc1. The van der Waals surface area contributed by atoms with Gasteiger partial charge in [0.2, 0.25) is 0 Å². The van der Waals surface area contributed by atoms with Gasteiger partial charge in [-0.3, -0.25) is 0 Å². The zero-order chi connectivity index (χ0) is 15.5. The molecule has 2 rings (SSSR count). The van der Waals surface area contributed by atoms with Crippen LogP contribution in [0.4, 0.5) is 0 Å². The van der Waals surface area contributed by atoms with Crippen molar-refractivity contribution in [3.63, 3.8) is 0 Å². The lowest BCUT2D eigenvalue weighted by Crippen LogP contribution is -1.86. The van der Waals surface area contributed by atoms with E-state index in [0.29, 0.717) is 17.7 Å². The van der Waals surface area contributed by atoms with Crippen molar-refractivity contribution in [1.29, 1.82) is 10.5 Å². The number of hydrogen-bond donors (Lipinski definition) is 1. The number of aliphatic hydroxyl groups is 1. The summed E-state index contributed by atoms with van der Waals surface area (Å²) in [5.41, 5.74) is 3.23. The maximum atomic E-state index is 8.62. The summed E-state index contributed by atoms with van der Waals surface area (Å²) in [4.78, 5) is 0. The molecule has 0 unspecified atom stereocenters. The number of hydrogen-bond acceptors (Lipinski definition) is 4. The van der Waals surface area contributed by atoms with E-state index < -0.39 is 0 Å². The van der Waals surface area contributed by atoms with Gasteiger partial charge in [-0.05, 0) is 35.4 Å². The fourth-order valence-corrected chi connectivity index (χ4v) is 1.53. The van der Waals surface area contributed by atoms with Gasteiger partial charge >= 0.3 is 0 Å². The van der Waals surface area contributed by atoms with Crippen molar-refractivity contribution in [2.24, 2.45) is 0 Å². The van der Waals surface area contributed by atoms with Crippen LogP contribution in [0.2, 0.25) is 0 Å². The van der Waals surface area contributed by atoms with Crippen molar-refractivity contribution >= 4 is 0 Å². The summed E-state index contributed by atoms with van der Waals surface area (Å²) in [5, 5.41) is 25.5. The molecular formula is C17H16N2O2. The average Bonchev–Trinajstić information content (AvgIpc) is 2.56. The molecule has 106 valence electrons. The van der Waals surface area contributed by atoms with Crippen LogP contribution < -0.4 is 0 Å². The molecule has 0 aromatic heterocycles. The van der Waals surface area contributed by atoms with Gasteiger partial charge in [-0.15, -0.1) is 0 Å². The molecule has 0 aliphatic rings. The smallest absolute Gasteiger partial charge is 0.0991 e. The summed E-state index contributed by atoms with van der Waals surface area (Å²) in [6, 6.07) is 18.2. The molecule has 0 bridgehead atoms. The number of aliphatic hydroxyl groups excluding tert-OH is 1. The predicted octanol–water partition coefficient (Wildman–Crippen LogP) is 2.76. The van der Waals surface area contributed by atoms with Crippen LogP contribution >= 0.6 is 0 Å². The highest BCUT2D eigenvalue weighted by atomic mass is 16.5. The Morgan fingerprint density at radius 1 is 0.857 bits per heavy atom. The molecule has 0 heterocycles. The summed E-state index contributed by atoms with van der Waals surface area (Å²) < 4.78 is 4.92. The third kappa shape index (κ3) is 5.88. The van der Waals surface area contributed by atoms with E-state index in [1.165, 1.54) is 0 Å². The fraction of sp³-hybridized carbons (Fsp3) is 0.176. The molecule has 0 radical (unpaired) electrons. The fourth-order valence-electron chi connectivity index (χ4n) is 1.53. The Kier molecular flexibility index (Phi) is 7.24. The zero-order valence-electron chi connectivity index (χ0n) is 11.8. The van der Waals surface area contributed by atoms with E-state index in [9.17, 15) is 0 Å². The molecular weight excluding hydrogens is 264 g/mol. The van der Waals surface area contributed by atoms with Gasteiger partial charge < -0.3 is 9.84 Å². The average molecular weight is 280 g/mol. The second-order valence-corrected chi connectivity index (χ2v) is 4.21. The second kappa shape index (κ2) is 9.28. The van der Waals surface area contributed by atoms with E-state index in [2.05, 4.69) is 6.07 Å². The lowest BCUT2D eigenvalue weighted by molar-refractivity contribution is 0.185. The maximum absolute atomic E-state index is 8.62. The molecule has 0 aliphatic carbocycles. The number of nitriles is 2. The van der Waals surface area contributed by atoms with Crippen LogP contribution in [-0.2, 0) is 18.0 Å². The molecule has 0 aliphatic heterocycles. The molecule has 0 saturated carbocycles. The predicted molar refractivity (Wildman–Crippen MR) is 78.9 cm³/mol. The monoisotopic (exact) mass is 280 g/mol. The molecule has 0 atom stereocenters. The number of rotatable bonds is 3. The Labute approximate surface area is 124 Å². The number of nitrogens with zero attached hydrogens (tertiary/aromatic N) is 2. The lowest BCUT2D eigenvalue weighted by Gasteiger charge is -1.97. The van der Waals surface area contributed by atoms with Crippen LogP contribution in [0.1, 0.15) is 22.3 Å². The summed E-state index contributed by atoms with van der Waals surface area (Å²) in [6.07, 6.45) is 0. The Morgan fingerprint density at radius 3 is 1.62 bits per heavy atom. The van der Waals surface area contributed by atoms with E-state index in [-0.39, 0.29) is 6.61 Å². The van der Waals surface area contributed by atoms with Crippen molar-refractivity contribution < 1.29 is 9.84 Å². The van der Waals surface area contributed by atoms with Crippen molar-refractivity contribution in [1.82, 2.24) is 0 Å². The molecule has 0 spiro atoms. The molecule has 2 aromatic rings. The van der Waals surface area contributed by atoms with Crippen LogP contribution in [0.25, 0.3) is 0 Å². The first-order chi connectivity index (χ1) is 10.2. The van der Waals surface area contributed by atoms with Gasteiger partial charge in [-0.25, -0.2) is 0 Å². The van der Waals surface area contributed by atoms with E-state index in [0.717, 1.165) is 11.1 Å². The first-order valence-electron chi connectivity index (χ1n) is 6.31. The third-order valence-corrected chi connectivity index (χ3v) is 2.66. The Morgan fingerprint density at radius 2 is 1.29 bits per heavy atom. The van der Waals surface area contributed by atoms with Crippen LogP contribution in [0, 0.1) is 22.7 Å². The summed E-state index contributed by atoms with van der Waals surface area (Å²) in [7, 11) is 1.65. The Balaban J connectivity index is 0.000000211. The minimum atomic E-state index is 0.0334. The van der Waals surface area contributed by atoms with Crippen molar-refractivity contribution in [3.05, 3.63) is 70.8 Å². The van der Waals surface area contributed by atoms with E-state index >= 15 is 0 Å². The van der Waals surface area contributed by atoms with E-state index in [4.69, 9.17) is 20.4 Å². The van der Waals surface area contributed by atoms with Crippen LogP contribution in [0.5, 0.6) is 0 Å². The maximum Gasteiger partial charge on any atom is 0.0991 e. The van der Waals surface area contributed by atoms with Crippen molar-refractivity contribution in [2.75, 3.05) is 7.11 Å². The van der Waals surface area contributed by atoms with Crippen LogP contribution in [0.3, 0.4) is 0 Å². The molecule has 4 heteroatoms. The van der Waals surface area contributed by atoms with Gasteiger partial charge in [-0.2, -0.15) is 10.5 Å². The van der Waals surface area contributed by atoms with Crippen LogP contribution in [0.15, 0.2) is 48.5 Å². The molecule has 0 saturated heterocycles. The molecule has 21 heavy (non-hydrogen) atoms. The number of benzene rings is 2. The highest BCUT2D eigenvalue weighted by Gasteiger charge is 1.91. The normalized spacial score (nSPS) is 8.95. The lowest BCUT2D eigenvalue weighted by atomic mass is 10.2. The standard InChI is InChI=1S/C9H9NO.C8H7NO/c1-11-7-9-4-2-8(6-10)3-5-9;9-5-7-1-3-8(6-10)4-2-7/h2-5H,7H2,1H3;1-4,10H,6H2. The molecule has 1 N–H and O–H groups in total. The minimum absolute atomic E-state index is 0.0334. The Bertz CT molecular complexity index is 620. The van der Waals surface area contributed by atoms with Crippen molar-refractivity contribution in [2.45, 2.75) is 13.2 Å².